The van der Waals surface area contributed by atoms with Gasteiger partial charge in [-0.3, -0.25) is 4.79 Å². The number of rotatable bonds is 4. The smallest absolute Gasteiger partial charge is 0.235 e. The van der Waals surface area contributed by atoms with Gasteiger partial charge in [-0.15, -0.1) is 0 Å². The van der Waals surface area contributed by atoms with Gasteiger partial charge in [-0.25, -0.2) is 4.39 Å². The van der Waals surface area contributed by atoms with Crippen LogP contribution >= 0.6 is 15.9 Å². The first-order valence-corrected chi connectivity index (χ1v) is 7.02. The van der Waals surface area contributed by atoms with Gasteiger partial charge in [0.1, 0.15) is 5.58 Å². The molecule has 0 saturated carbocycles. The van der Waals surface area contributed by atoms with Crippen molar-refractivity contribution in [2.45, 2.75) is 0 Å². The zero-order valence-corrected chi connectivity index (χ0v) is 12.4. The summed E-state index contributed by atoms with van der Waals surface area (Å²) < 4.78 is 24.8. The molecule has 0 aliphatic heterocycles. The Morgan fingerprint density at radius 1 is 1.19 bits per heavy atom. The fourth-order valence-corrected chi connectivity index (χ4v) is 2.26. The van der Waals surface area contributed by atoms with Crippen LogP contribution in [0.25, 0.3) is 11.0 Å². The molecule has 0 unspecified atom stereocenters. The Morgan fingerprint density at radius 3 is 2.76 bits per heavy atom. The van der Waals surface area contributed by atoms with Crippen LogP contribution in [0.1, 0.15) is 10.6 Å². The fourth-order valence-electron chi connectivity index (χ4n) is 1.93. The second kappa shape index (κ2) is 5.69. The van der Waals surface area contributed by atoms with Crippen LogP contribution in [-0.2, 0) is 0 Å². The predicted molar refractivity (Wildman–Crippen MR) is 80.1 cm³/mol. The number of ketones is 1. The van der Waals surface area contributed by atoms with E-state index in [1.54, 1.807) is 18.2 Å². The lowest BCUT2D eigenvalue weighted by Crippen LogP contribution is -2.11. The summed E-state index contributed by atoms with van der Waals surface area (Å²) in [6.07, 6.45) is 0. The number of Topliss-reactive ketones (excluding diaryl/α,β-unsaturated/α-hetero) is 1. The molecular weight excluding hydrogens is 339 g/mol. The van der Waals surface area contributed by atoms with Crippen molar-refractivity contribution >= 4 is 32.7 Å². The lowest BCUT2D eigenvalue weighted by molar-refractivity contribution is 0.0893. The highest BCUT2D eigenvalue weighted by Gasteiger charge is 2.14. The molecule has 0 amide bonds. The third-order valence-corrected chi connectivity index (χ3v) is 3.45. The first-order chi connectivity index (χ1) is 10.1. The summed E-state index contributed by atoms with van der Waals surface area (Å²) in [6, 6.07) is 13.4. The van der Waals surface area contributed by atoms with Crippen LogP contribution in [0, 0.1) is 5.82 Å². The zero-order chi connectivity index (χ0) is 14.8. The Hall–Kier alpha value is -2.14. The van der Waals surface area contributed by atoms with Gasteiger partial charge < -0.3 is 9.15 Å². The number of carbonyl (C=O) groups is 1. The summed E-state index contributed by atoms with van der Waals surface area (Å²) in [5.74, 6) is -0.633. The van der Waals surface area contributed by atoms with Crippen molar-refractivity contribution in [1.29, 1.82) is 0 Å². The van der Waals surface area contributed by atoms with Crippen molar-refractivity contribution in [3.8, 4) is 5.75 Å². The van der Waals surface area contributed by atoms with E-state index in [1.165, 1.54) is 12.1 Å². The largest absolute Gasteiger partial charge is 0.482 e. The summed E-state index contributed by atoms with van der Waals surface area (Å²) in [5.41, 5.74) is 0.635. The maximum absolute atomic E-state index is 13.6. The molecule has 0 radical (unpaired) electrons. The Labute approximate surface area is 128 Å². The number of furan rings is 1. The predicted octanol–water partition coefficient (Wildman–Crippen LogP) is 4.60. The van der Waals surface area contributed by atoms with E-state index in [1.807, 2.05) is 18.2 Å². The minimum atomic E-state index is -0.526. The van der Waals surface area contributed by atoms with Crippen LogP contribution in [0.15, 0.2) is 57.4 Å². The van der Waals surface area contributed by atoms with Crippen LogP contribution in [0.5, 0.6) is 5.75 Å². The first kappa shape index (κ1) is 13.8. The molecular formula is C16H10BrFO3. The van der Waals surface area contributed by atoms with Gasteiger partial charge in [0.15, 0.2) is 23.9 Å². The molecule has 0 aliphatic carbocycles. The molecule has 3 aromatic rings. The first-order valence-electron chi connectivity index (χ1n) is 6.23. The highest BCUT2D eigenvalue weighted by atomic mass is 79.9. The number of benzene rings is 2. The number of hydrogen-bond acceptors (Lipinski definition) is 3. The van der Waals surface area contributed by atoms with Crippen molar-refractivity contribution < 1.29 is 18.3 Å². The van der Waals surface area contributed by atoms with E-state index in [0.717, 1.165) is 5.39 Å². The lowest BCUT2D eigenvalue weighted by atomic mass is 10.2. The number of halogens is 2. The number of hydrogen-bond donors (Lipinski definition) is 0. The van der Waals surface area contributed by atoms with Crippen molar-refractivity contribution in [3.63, 3.8) is 0 Å². The van der Waals surface area contributed by atoms with Crippen molar-refractivity contribution in [1.82, 2.24) is 0 Å². The molecule has 3 rings (SSSR count). The van der Waals surface area contributed by atoms with Gasteiger partial charge in [-0.1, -0.05) is 34.1 Å². The molecule has 0 aliphatic rings. The van der Waals surface area contributed by atoms with E-state index in [0.29, 0.717) is 10.1 Å². The molecule has 1 heterocycles. The van der Waals surface area contributed by atoms with E-state index in [-0.39, 0.29) is 23.9 Å². The summed E-state index contributed by atoms with van der Waals surface area (Å²) in [7, 11) is 0. The molecule has 3 nitrogen and oxygen atoms in total. The zero-order valence-electron chi connectivity index (χ0n) is 10.8. The average molecular weight is 349 g/mol. The van der Waals surface area contributed by atoms with Gasteiger partial charge in [-0.2, -0.15) is 0 Å². The molecule has 0 N–H and O–H groups in total. The molecule has 0 fully saturated rings. The highest BCUT2D eigenvalue weighted by molar-refractivity contribution is 9.10. The molecule has 0 saturated heterocycles. The highest BCUT2D eigenvalue weighted by Crippen LogP contribution is 2.22. The minimum absolute atomic E-state index is 0.0302. The second-order valence-electron chi connectivity index (χ2n) is 4.44. The lowest BCUT2D eigenvalue weighted by Gasteiger charge is -2.05. The summed E-state index contributed by atoms with van der Waals surface area (Å²) in [6.45, 7) is -0.279. The maximum Gasteiger partial charge on any atom is 0.235 e. The third kappa shape index (κ3) is 2.97. The van der Waals surface area contributed by atoms with Gasteiger partial charge in [0.25, 0.3) is 0 Å². The number of fused-ring (bicyclic) bond motifs is 1. The van der Waals surface area contributed by atoms with E-state index in [4.69, 9.17) is 9.15 Å². The van der Waals surface area contributed by atoms with E-state index >= 15 is 0 Å². The molecule has 2 aromatic carbocycles. The average Bonchev–Trinajstić information content (AvgIpc) is 2.90. The summed E-state index contributed by atoms with van der Waals surface area (Å²) in [4.78, 5) is 12.0. The van der Waals surface area contributed by atoms with E-state index in [9.17, 15) is 9.18 Å². The molecule has 0 spiro atoms. The molecule has 0 atom stereocenters. The third-order valence-electron chi connectivity index (χ3n) is 2.95. The normalized spacial score (nSPS) is 10.8. The van der Waals surface area contributed by atoms with Crippen molar-refractivity contribution in [2.75, 3.05) is 6.61 Å². The van der Waals surface area contributed by atoms with Crippen LogP contribution in [-0.4, -0.2) is 12.4 Å². The molecule has 5 heteroatoms. The summed E-state index contributed by atoms with van der Waals surface area (Å²) in [5, 5.41) is 0.843. The Morgan fingerprint density at radius 2 is 2.00 bits per heavy atom. The monoisotopic (exact) mass is 348 g/mol. The van der Waals surface area contributed by atoms with Gasteiger partial charge in [0.2, 0.25) is 5.78 Å². The van der Waals surface area contributed by atoms with Crippen LogP contribution < -0.4 is 4.74 Å². The number of para-hydroxylation sites is 1. The van der Waals surface area contributed by atoms with Gasteiger partial charge in [-0.05, 0) is 30.3 Å². The SMILES string of the molecule is O=C(COc1ccc(Br)cc1F)c1cc2ccccc2o1. The molecule has 106 valence electrons. The molecule has 21 heavy (non-hydrogen) atoms. The van der Waals surface area contributed by atoms with Gasteiger partial charge in [0.05, 0.1) is 0 Å². The molecule has 1 aromatic heterocycles. The number of carbonyl (C=O) groups excluding carboxylic acids is 1. The van der Waals surface area contributed by atoms with Crippen molar-refractivity contribution in [3.05, 3.63) is 64.6 Å². The Bertz CT molecular complexity index is 777. The standard InChI is InChI=1S/C16H10BrFO3/c17-11-5-6-15(12(18)8-11)20-9-13(19)16-7-10-3-1-2-4-14(10)21-16/h1-8H,9H2. The van der Waals surface area contributed by atoms with Crippen LogP contribution in [0.2, 0.25) is 0 Å². The van der Waals surface area contributed by atoms with Crippen molar-refractivity contribution in [2.24, 2.45) is 0 Å². The minimum Gasteiger partial charge on any atom is -0.482 e. The van der Waals surface area contributed by atoms with Gasteiger partial charge in [0, 0.05) is 9.86 Å². The summed E-state index contributed by atoms with van der Waals surface area (Å²) >= 11 is 3.16. The Balaban J connectivity index is 1.74. The topological polar surface area (TPSA) is 39.4 Å². The molecule has 0 bridgehead atoms. The van der Waals surface area contributed by atoms with Crippen LogP contribution in [0.3, 0.4) is 0 Å². The Kier molecular flexibility index (Phi) is 3.75. The second-order valence-corrected chi connectivity index (χ2v) is 5.35. The van der Waals surface area contributed by atoms with E-state index in [2.05, 4.69) is 15.9 Å². The quantitative estimate of drug-likeness (QED) is 0.647. The number of ether oxygens (including phenoxy) is 1. The van der Waals surface area contributed by atoms with E-state index < -0.39 is 5.82 Å². The maximum atomic E-state index is 13.6. The fraction of sp³-hybridized carbons (Fsp3) is 0.0625. The van der Waals surface area contributed by atoms with Crippen LogP contribution in [0.4, 0.5) is 4.39 Å². The van der Waals surface area contributed by atoms with Gasteiger partial charge >= 0.3 is 0 Å².